The second-order valence-electron chi connectivity index (χ2n) is 16.5. The van der Waals surface area contributed by atoms with Crippen LogP contribution in [0.1, 0.15) is 16.7 Å². The van der Waals surface area contributed by atoms with Crippen LogP contribution in [0.5, 0.6) is 0 Å². The quantitative estimate of drug-likeness (QED) is 0.176. The predicted molar refractivity (Wildman–Crippen MR) is 255 cm³/mol. The maximum atomic E-state index is 15.0. The number of benzene rings is 9. The molecule has 310 valence electrons. The van der Waals surface area contributed by atoms with E-state index in [4.69, 9.17) is 8.83 Å². The van der Waals surface area contributed by atoms with Crippen LogP contribution in [0.4, 0.5) is 13.2 Å². The summed E-state index contributed by atoms with van der Waals surface area (Å²) in [7, 11) is 0. The molecule has 66 heavy (non-hydrogen) atoms. The van der Waals surface area contributed by atoms with Gasteiger partial charge < -0.3 is 18.0 Å². The van der Waals surface area contributed by atoms with Crippen LogP contribution in [0.2, 0.25) is 0 Å². The van der Waals surface area contributed by atoms with Crippen molar-refractivity contribution in [3.63, 3.8) is 0 Å². The number of hydrogen-bond acceptors (Lipinski definition) is 4. The van der Waals surface area contributed by atoms with Crippen LogP contribution in [0.3, 0.4) is 0 Å². The van der Waals surface area contributed by atoms with E-state index in [0.29, 0.717) is 33.5 Å². The molecule has 0 amide bonds. The monoisotopic (exact) mass is 858 g/mol. The maximum Gasteiger partial charge on any atom is 0.417 e. The van der Waals surface area contributed by atoms with Crippen LogP contribution in [0, 0.1) is 22.7 Å². The van der Waals surface area contributed by atoms with Gasteiger partial charge in [-0.1, -0.05) is 91.0 Å². The van der Waals surface area contributed by atoms with Crippen LogP contribution in [-0.4, -0.2) is 9.13 Å². The van der Waals surface area contributed by atoms with Gasteiger partial charge in [-0.25, -0.2) is 0 Å². The maximum absolute atomic E-state index is 15.0. The molecule has 0 aliphatic rings. The van der Waals surface area contributed by atoms with Gasteiger partial charge in [0.15, 0.2) is 0 Å². The molecule has 0 radical (unpaired) electrons. The van der Waals surface area contributed by atoms with Gasteiger partial charge in [0.25, 0.3) is 0 Å². The first-order chi connectivity index (χ1) is 32.3. The average Bonchev–Trinajstić information content (AvgIpc) is 4.11. The Kier molecular flexibility index (Phi) is 7.80. The summed E-state index contributed by atoms with van der Waals surface area (Å²) in [4.78, 5) is 0. The Balaban J connectivity index is 1.16. The van der Waals surface area contributed by atoms with Crippen molar-refractivity contribution in [2.45, 2.75) is 6.18 Å². The van der Waals surface area contributed by atoms with E-state index in [9.17, 15) is 23.7 Å². The molecule has 0 N–H and O–H groups in total. The second kappa shape index (κ2) is 13.7. The van der Waals surface area contributed by atoms with Crippen molar-refractivity contribution in [1.29, 1.82) is 10.5 Å². The Hall–Kier alpha value is -9.05. The van der Waals surface area contributed by atoms with Gasteiger partial charge in [-0.15, -0.1) is 0 Å². The lowest BCUT2D eigenvalue weighted by Gasteiger charge is -2.21. The highest BCUT2D eigenvalue weighted by molar-refractivity contribution is 6.25. The fourth-order valence-corrected chi connectivity index (χ4v) is 10.2. The zero-order chi connectivity index (χ0) is 44.4. The number of fused-ring (bicyclic) bond motifs is 14. The van der Waals surface area contributed by atoms with Crippen molar-refractivity contribution in [2.75, 3.05) is 0 Å². The van der Waals surface area contributed by atoms with E-state index in [2.05, 4.69) is 45.5 Å². The molecule has 0 aliphatic heterocycles. The summed E-state index contributed by atoms with van der Waals surface area (Å²) >= 11 is 0. The third-order valence-corrected chi connectivity index (χ3v) is 13.0. The number of furan rings is 2. The minimum Gasteiger partial charge on any atom is -0.455 e. The molecule has 0 bridgehead atoms. The van der Waals surface area contributed by atoms with Crippen molar-refractivity contribution >= 4 is 87.5 Å². The van der Waals surface area contributed by atoms with Crippen molar-refractivity contribution in [3.8, 4) is 45.8 Å². The molecule has 0 saturated carbocycles. The molecule has 0 spiro atoms. The largest absolute Gasteiger partial charge is 0.455 e. The van der Waals surface area contributed by atoms with Crippen LogP contribution >= 0.6 is 0 Å². The smallest absolute Gasteiger partial charge is 0.417 e. The van der Waals surface area contributed by atoms with Crippen LogP contribution in [0.15, 0.2) is 185 Å². The summed E-state index contributed by atoms with van der Waals surface area (Å²) in [5, 5.41) is 27.7. The molecule has 0 saturated heterocycles. The summed E-state index contributed by atoms with van der Waals surface area (Å²) in [6, 6.07) is 59.0. The summed E-state index contributed by atoms with van der Waals surface area (Å²) in [5.41, 5.74) is 8.62. The molecule has 4 aromatic heterocycles. The molecule has 0 aliphatic carbocycles. The molecule has 6 nitrogen and oxygen atoms in total. The number of aromatic nitrogens is 2. The second-order valence-corrected chi connectivity index (χ2v) is 16.5. The van der Waals surface area contributed by atoms with E-state index in [-0.39, 0.29) is 11.1 Å². The van der Waals surface area contributed by atoms with Gasteiger partial charge in [0.05, 0.1) is 73.0 Å². The average molecular weight is 859 g/mol. The SMILES string of the molecule is N#Cc1ccc(-n2c3ccccc3c3c4oc5ccccc5c4ccc32)c(-c2ccc(-c3ccc(C#N)cc3C(F)(F)F)cc2-n2c3ccccc3c3c4oc5ccccc5c4ccc32)c1. The van der Waals surface area contributed by atoms with E-state index >= 15 is 0 Å². The van der Waals surface area contributed by atoms with Crippen molar-refractivity contribution in [3.05, 3.63) is 193 Å². The highest BCUT2D eigenvalue weighted by atomic mass is 19.4. The third kappa shape index (κ3) is 5.29. The Morgan fingerprint density at radius 2 is 0.909 bits per heavy atom. The van der Waals surface area contributed by atoms with Crippen molar-refractivity contribution in [2.24, 2.45) is 0 Å². The number of nitriles is 2. The first-order valence-corrected chi connectivity index (χ1v) is 21.3. The van der Waals surface area contributed by atoms with Gasteiger partial charge in [-0.2, -0.15) is 23.7 Å². The Morgan fingerprint density at radius 3 is 1.48 bits per heavy atom. The predicted octanol–water partition coefficient (Wildman–Crippen LogP) is 15.8. The van der Waals surface area contributed by atoms with Crippen LogP contribution < -0.4 is 0 Å². The Morgan fingerprint density at radius 1 is 0.409 bits per heavy atom. The number of hydrogen-bond donors (Lipinski definition) is 0. The zero-order valence-corrected chi connectivity index (χ0v) is 34.5. The molecule has 0 atom stereocenters. The summed E-state index contributed by atoms with van der Waals surface area (Å²) in [6.07, 6.45) is -4.75. The summed E-state index contributed by atoms with van der Waals surface area (Å²) in [5.74, 6) is 0. The molecule has 0 fully saturated rings. The van der Waals surface area contributed by atoms with Crippen LogP contribution in [0.25, 0.3) is 121 Å². The highest BCUT2D eigenvalue weighted by Gasteiger charge is 2.35. The minimum absolute atomic E-state index is 0.0713. The van der Waals surface area contributed by atoms with Crippen molar-refractivity contribution < 1.29 is 22.0 Å². The number of alkyl halides is 3. The first-order valence-electron chi connectivity index (χ1n) is 21.3. The van der Waals surface area contributed by atoms with Gasteiger partial charge in [-0.3, -0.25) is 0 Å². The molecule has 9 heteroatoms. The van der Waals surface area contributed by atoms with Crippen molar-refractivity contribution in [1.82, 2.24) is 9.13 Å². The molecular formula is C57H29F3N4O2. The highest BCUT2D eigenvalue weighted by Crippen LogP contribution is 2.47. The first kappa shape index (κ1) is 37.5. The molecule has 13 rings (SSSR count). The zero-order valence-electron chi connectivity index (χ0n) is 34.5. The number of rotatable bonds is 4. The third-order valence-electron chi connectivity index (χ3n) is 13.0. The molecule has 0 unspecified atom stereocenters. The fraction of sp³-hybridized carbons (Fsp3) is 0.0175. The van der Waals surface area contributed by atoms with Gasteiger partial charge in [0.1, 0.15) is 22.3 Å². The van der Waals surface area contributed by atoms with Gasteiger partial charge in [-0.05, 0) is 96.1 Å². The van der Waals surface area contributed by atoms with E-state index in [0.717, 1.165) is 93.7 Å². The van der Waals surface area contributed by atoms with E-state index in [1.807, 2.05) is 115 Å². The van der Waals surface area contributed by atoms with E-state index in [1.165, 1.54) is 12.1 Å². The topological polar surface area (TPSA) is 83.7 Å². The van der Waals surface area contributed by atoms with E-state index in [1.54, 1.807) is 18.2 Å². The van der Waals surface area contributed by atoms with Gasteiger partial charge >= 0.3 is 6.18 Å². The Bertz CT molecular complexity index is 4320. The van der Waals surface area contributed by atoms with Gasteiger partial charge in [0.2, 0.25) is 0 Å². The molecule has 13 aromatic rings. The lowest BCUT2D eigenvalue weighted by Crippen LogP contribution is -2.08. The molecule has 9 aromatic carbocycles. The Labute approximate surface area is 372 Å². The lowest BCUT2D eigenvalue weighted by molar-refractivity contribution is -0.137. The summed E-state index contributed by atoms with van der Waals surface area (Å²) in [6.45, 7) is 0. The molecule has 4 heterocycles. The number of para-hydroxylation sites is 4. The van der Waals surface area contributed by atoms with E-state index < -0.39 is 11.7 Å². The molecular weight excluding hydrogens is 830 g/mol. The van der Waals surface area contributed by atoms with Crippen LogP contribution in [-0.2, 0) is 6.18 Å². The lowest BCUT2D eigenvalue weighted by atomic mass is 9.92. The number of halogens is 3. The fourth-order valence-electron chi connectivity index (χ4n) is 10.2. The summed E-state index contributed by atoms with van der Waals surface area (Å²) < 4.78 is 62.4. The minimum atomic E-state index is -4.75. The number of nitrogens with zero attached hydrogens (tertiary/aromatic N) is 4. The van der Waals surface area contributed by atoms with Gasteiger partial charge in [0, 0.05) is 43.4 Å². The standard InChI is InChI=1S/C57H29F3N4O2/c58-57(59,60)44-28-33(31-62)17-20-35(44)34-19-21-36(50(29-34)64-46-14-6-2-12-42(46)54-49(64)26-23-40-38-10-4-8-16-52(38)66-56(40)54)43-27-32(30-61)18-24-47(43)63-45-13-5-1-11-41(45)53-48(63)25-22-39-37-9-3-7-15-51(37)65-55(39)53/h1-29H. The normalized spacial score (nSPS) is 12.1.